The number of H-pyrrole nitrogens is 1. The first-order valence-corrected chi connectivity index (χ1v) is 9.04. The molecule has 2 heterocycles. The van der Waals surface area contributed by atoms with Crippen LogP contribution in [-0.4, -0.2) is 17.1 Å². The first-order valence-electron chi connectivity index (χ1n) is 9.04. The Morgan fingerprint density at radius 3 is 2.90 bits per heavy atom. The second kappa shape index (κ2) is 6.63. The molecule has 0 radical (unpaired) electrons. The normalized spacial score (nSPS) is 11.4. The molecular weight excluding hydrogens is 373 g/mol. The van der Waals surface area contributed by atoms with Crippen LogP contribution in [0.3, 0.4) is 0 Å². The Kier molecular flexibility index (Phi) is 3.94. The molecule has 5 rings (SSSR count). The van der Waals surface area contributed by atoms with Gasteiger partial charge in [0, 0.05) is 28.9 Å². The van der Waals surface area contributed by atoms with Crippen LogP contribution in [0.15, 0.2) is 63.9 Å². The standard InChI is InChI=1S/C22H16FN3O3/c1-28-14-4-2-3-12(9-14)11-25-22-26-19-15-6-5-13(23)10-17(15)18-16(20(19)29-22)7-8-24-21(18)27/h2-10H,11H2,1H3,(H,24,27)(H,25,26). The number of nitrogens with zero attached hydrogens (tertiary/aromatic N) is 1. The number of halogens is 1. The van der Waals surface area contributed by atoms with Crippen molar-refractivity contribution in [3.63, 3.8) is 0 Å². The first kappa shape index (κ1) is 17.2. The molecule has 3 aromatic carbocycles. The predicted molar refractivity (Wildman–Crippen MR) is 110 cm³/mol. The van der Waals surface area contributed by atoms with E-state index in [0.29, 0.717) is 45.2 Å². The summed E-state index contributed by atoms with van der Waals surface area (Å²) >= 11 is 0. The maximum Gasteiger partial charge on any atom is 0.295 e. The Bertz CT molecular complexity index is 1440. The minimum atomic E-state index is -0.415. The molecule has 2 N–H and O–H groups in total. The van der Waals surface area contributed by atoms with Crippen LogP contribution >= 0.6 is 0 Å². The van der Waals surface area contributed by atoms with Gasteiger partial charge in [0.15, 0.2) is 5.58 Å². The average molecular weight is 389 g/mol. The van der Waals surface area contributed by atoms with Gasteiger partial charge in [-0.3, -0.25) is 4.79 Å². The van der Waals surface area contributed by atoms with Gasteiger partial charge in [-0.1, -0.05) is 12.1 Å². The SMILES string of the molecule is COc1cccc(CNc2nc3c4ccc(F)cc4c4c(=O)[nH]ccc4c3o2)c1. The van der Waals surface area contributed by atoms with E-state index in [9.17, 15) is 9.18 Å². The van der Waals surface area contributed by atoms with Crippen molar-refractivity contribution >= 4 is 38.7 Å². The summed E-state index contributed by atoms with van der Waals surface area (Å²) in [4.78, 5) is 19.7. The molecule has 6 nitrogen and oxygen atoms in total. The van der Waals surface area contributed by atoms with Crippen LogP contribution in [0.2, 0.25) is 0 Å². The number of nitrogens with one attached hydrogen (secondary N) is 2. The summed E-state index contributed by atoms with van der Waals surface area (Å²) in [5.41, 5.74) is 1.76. The number of pyridine rings is 1. The maximum absolute atomic E-state index is 13.9. The van der Waals surface area contributed by atoms with Crippen molar-refractivity contribution < 1.29 is 13.5 Å². The Morgan fingerprint density at radius 2 is 2.03 bits per heavy atom. The lowest BCUT2D eigenvalue weighted by Crippen LogP contribution is -2.05. The van der Waals surface area contributed by atoms with Crippen LogP contribution in [0.4, 0.5) is 10.4 Å². The fraction of sp³-hybridized carbons (Fsp3) is 0.0909. The second-order valence-electron chi connectivity index (χ2n) is 6.69. The molecule has 144 valence electrons. The third kappa shape index (κ3) is 2.87. The van der Waals surface area contributed by atoms with Gasteiger partial charge in [0.05, 0.1) is 12.5 Å². The molecule has 0 spiro atoms. The fourth-order valence-corrected chi connectivity index (χ4v) is 3.59. The highest BCUT2D eigenvalue weighted by atomic mass is 19.1. The zero-order chi connectivity index (χ0) is 20.0. The molecule has 0 saturated heterocycles. The number of aromatic nitrogens is 2. The van der Waals surface area contributed by atoms with E-state index in [1.165, 1.54) is 12.1 Å². The summed E-state index contributed by atoms with van der Waals surface area (Å²) in [6.45, 7) is 0.481. The minimum Gasteiger partial charge on any atom is -0.497 e. The van der Waals surface area contributed by atoms with Gasteiger partial charge in [0.25, 0.3) is 11.6 Å². The van der Waals surface area contributed by atoms with Crippen LogP contribution in [0.5, 0.6) is 5.75 Å². The molecule has 0 aliphatic rings. The highest BCUT2D eigenvalue weighted by molar-refractivity contribution is 6.22. The number of benzene rings is 3. The van der Waals surface area contributed by atoms with Crippen LogP contribution < -0.4 is 15.6 Å². The van der Waals surface area contributed by atoms with Gasteiger partial charge in [-0.25, -0.2) is 4.39 Å². The van der Waals surface area contributed by atoms with Crippen molar-refractivity contribution in [2.45, 2.75) is 6.54 Å². The molecule has 5 aromatic rings. The van der Waals surface area contributed by atoms with Gasteiger partial charge in [0.2, 0.25) is 0 Å². The number of rotatable bonds is 4. The monoisotopic (exact) mass is 389 g/mol. The van der Waals surface area contributed by atoms with Gasteiger partial charge in [-0.05, 0) is 42.0 Å². The van der Waals surface area contributed by atoms with Crippen molar-refractivity contribution in [2.75, 3.05) is 12.4 Å². The van der Waals surface area contributed by atoms with Crippen LogP contribution in [-0.2, 0) is 6.54 Å². The van der Waals surface area contributed by atoms with E-state index in [1.807, 2.05) is 24.3 Å². The van der Waals surface area contributed by atoms with Crippen molar-refractivity contribution in [3.05, 3.63) is 76.5 Å². The quantitative estimate of drug-likeness (QED) is 0.440. The molecule has 0 aliphatic heterocycles. The highest BCUT2D eigenvalue weighted by Crippen LogP contribution is 2.35. The van der Waals surface area contributed by atoms with E-state index in [4.69, 9.17) is 9.15 Å². The number of oxazole rings is 1. The number of anilines is 1. The molecule has 0 bridgehead atoms. The van der Waals surface area contributed by atoms with E-state index < -0.39 is 5.82 Å². The number of ether oxygens (including phenoxy) is 1. The Morgan fingerprint density at radius 1 is 1.14 bits per heavy atom. The lowest BCUT2D eigenvalue weighted by atomic mass is 10.0. The third-order valence-electron chi connectivity index (χ3n) is 4.92. The molecule has 7 heteroatoms. The van der Waals surface area contributed by atoms with Gasteiger partial charge < -0.3 is 19.5 Å². The van der Waals surface area contributed by atoms with Crippen molar-refractivity contribution in [1.29, 1.82) is 0 Å². The number of fused-ring (bicyclic) bond motifs is 6. The molecular formula is C22H16FN3O3. The molecule has 29 heavy (non-hydrogen) atoms. The van der Waals surface area contributed by atoms with E-state index in [-0.39, 0.29) is 5.56 Å². The summed E-state index contributed by atoms with van der Waals surface area (Å²) in [5.74, 6) is 0.348. The summed E-state index contributed by atoms with van der Waals surface area (Å²) in [6.07, 6.45) is 1.54. The number of aromatic amines is 1. The van der Waals surface area contributed by atoms with E-state index in [0.717, 1.165) is 11.3 Å². The third-order valence-corrected chi connectivity index (χ3v) is 4.92. The van der Waals surface area contributed by atoms with E-state index >= 15 is 0 Å². The largest absolute Gasteiger partial charge is 0.497 e. The van der Waals surface area contributed by atoms with Gasteiger partial charge in [-0.15, -0.1) is 0 Å². The Balaban J connectivity index is 1.66. The molecule has 0 atom stereocenters. The van der Waals surface area contributed by atoms with Crippen molar-refractivity contribution in [1.82, 2.24) is 9.97 Å². The molecule has 0 saturated carbocycles. The predicted octanol–water partition coefficient (Wildman–Crippen LogP) is 4.58. The lowest BCUT2D eigenvalue weighted by molar-refractivity contribution is 0.414. The van der Waals surface area contributed by atoms with Crippen LogP contribution in [0, 0.1) is 5.82 Å². The summed E-state index contributed by atoms with van der Waals surface area (Å²) in [7, 11) is 1.62. The number of hydrogen-bond donors (Lipinski definition) is 2. The number of hydrogen-bond acceptors (Lipinski definition) is 5. The Labute approximate surface area is 163 Å². The zero-order valence-corrected chi connectivity index (χ0v) is 15.5. The summed E-state index contributed by atoms with van der Waals surface area (Å²) in [6, 6.07) is 14.0. The lowest BCUT2D eigenvalue weighted by Gasteiger charge is -2.04. The second-order valence-corrected chi connectivity index (χ2v) is 6.69. The maximum atomic E-state index is 13.9. The van der Waals surface area contributed by atoms with Crippen molar-refractivity contribution in [3.8, 4) is 5.75 Å². The average Bonchev–Trinajstić information content (AvgIpc) is 3.17. The summed E-state index contributed by atoms with van der Waals surface area (Å²) in [5, 5.41) is 5.29. The van der Waals surface area contributed by atoms with Gasteiger partial charge in [0.1, 0.15) is 17.1 Å². The smallest absolute Gasteiger partial charge is 0.295 e. The van der Waals surface area contributed by atoms with Crippen molar-refractivity contribution in [2.24, 2.45) is 0 Å². The van der Waals surface area contributed by atoms with E-state index in [1.54, 1.807) is 25.4 Å². The van der Waals surface area contributed by atoms with Crippen LogP contribution in [0.25, 0.3) is 32.6 Å². The zero-order valence-electron chi connectivity index (χ0n) is 15.5. The van der Waals surface area contributed by atoms with Crippen LogP contribution in [0.1, 0.15) is 5.56 Å². The fourth-order valence-electron chi connectivity index (χ4n) is 3.59. The molecule has 0 amide bonds. The molecule has 0 unspecified atom stereocenters. The van der Waals surface area contributed by atoms with Gasteiger partial charge in [-0.2, -0.15) is 4.98 Å². The number of methoxy groups -OCH3 is 1. The van der Waals surface area contributed by atoms with Gasteiger partial charge >= 0.3 is 0 Å². The molecule has 0 aliphatic carbocycles. The molecule has 2 aromatic heterocycles. The van der Waals surface area contributed by atoms with E-state index in [2.05, 4.69) is 15.3 Å². The Hall–Kier alpha value is -3.87. The minimum absolute atomic E-state index is 0.303. The topological polar surface area (TPSA) is 80.1 Å². The summed E-state index contributed by atoms with van der Waals surface area (Å²) < 4.78 is 25.1. The molecule has 0 fully saturated rings. The first-order chi connectivity index (χ1) is 14.1. The highest BCUT2D eigenvalue weighted by Gasteiger charge is 2.17.